The lowest BCUT2D eigenvalue weighted by atomic mass is 10.4. The van der Waals surface area contributed by atoms with E-state index in [1.807, 2.05) is 17.9 Å². The summed E-state index contributed by atoms with van der Waals surface area (Å²) >= 11 is 0. The highest BCUT2D eigenvalue weighted by molar-refractivity contribution is 7.88. The van der Waals surface area contributed by atoms with Crippen LogP contribution >= 0.6 is 0 Å². The number of hydrogen-bond donors (Lipinski definition) is 1. The van der Waals surface area contributed by atoms with E-state index in [1.54, 1.807) is 19.4 Å². The molecule has 18 heavy (non-hydrogen) atoms. The summed E-state index contributed by atoms with van der Waals surface area (Å²) in [5.74, 6) is 1.50. The molecule has 0 saturated heterocycles. The standard InChI is InChI=1S/C11H19N3O3S/c1-4-14(8-7-13-18(3,15)16)11-9-10(17-2)5-6-12-11/h5-6,9,13H,4,7-8H2,1-3H3. The van der Waals surface area contributed by atoms with Gasteiger partial charge in [0.25, 0.3) is 0 Å². The maximum atomic E-state index is 11.0. The third-order valence-electron chi connectivity index (χ3n) is 2.40. The highest BCUT2D eigenvalue weighted by atomic mass is 32.2. The zero-order valence-electron chi connectivity index (χ0n) is 10.9. The lowest BCUT2D eigenvalue weighted by molar-refractivity contribution is 0.414. The molecule has 7 heteroatoms. The van der Waals surface area contributed by atoms with Crippen molar-refractivity contribution in [3.8, 4) is 5.75 Å². The highest BCUT2D eigenvalue weighted by Crippen LogP contribution is 2.17. The van der Waals surface area contributed by atoms with Crippen LogP contribution in [0.3, 0.4) is 0 Å². The largest absolute Gasteiger partial charge is 0.497 e. The minimum Gasteiger partial charge on any atom is -0.497 e. The van der Waals surface area contributed by atoms with Crippen LogP contribution in [0.4, 0.5) is 5.82 Å². The summed E-state index contributed by atoms with van der Waals surface area (Å²) < 4.78 is 29.5. The van der Waals surface area contributed by atoms with Gasteiger partial charge in [-0.1, -0.05) is 0 Å². The second kappa shape index (κ2) is 6.55. The van der Waals surface area contributed by atoms with Crippen molar-refractivity contribution >= 4 is 15.8 Å². The lowest BCUT2D eigenvalue weighted by Crippen LogP contribution is -2.34. The summed E-state index contributed by atoms with van der Waals surface area (Å²) in [4.78, 5) is 6.22. The Balaban J connectivity index is 2.65. The molecule has 1 N–H and O–H groups in total. The van der Waals surface area contributed by atoms with E-state index in [4.69, 9.17) is 4.74 Å². The zero-order chi connectivity index (χ0) is 13.6. The zero-order valence-corrected chi connectivity index (χ0v) is 11.7. The maximum Gasteiger partial charge on any atom is 0.208 e. The van der Waals surface area contributed by atoms with Crippen LogP contribution in [0.2, 0.25) is 0 Å². The van der Waals surface area contributed by atoms with Gasteiger partial charge in [0, 0.05) is 31.9 Å². The van der Waals surface area contributed by atoms with E-state index in [0.29, 0.717) is 13.1 Å². The number of rotatable bonds is 7. The Morgan fingerprint density at radius 1 is 1.50 bits per heavy atom. The summed E-state index contributed by atoms with van der Waals surface area (Å²) in [5.41, 5.74) is 0. The molecular weight excluding hydrogens is 254 g/mol. The highest BCUT2D eigenvalue weighted by Gasteiger charge is 2.08. The minimum absolute atomic E-state index is 0.353. The number of nitrogens with zero attached hydrogens (tertiary/aromatic N) is 2. The molecule has 0 atom stereocenters. The molecule has 0 unspecified atom stereocenters. The number of nitrogens with one attached hydrogen (secondary N) is 1. The van der Waals surface area contributed by atoms with Crippen molar-refractivity contribution in [1.29, 1.82) is 0 Å². The summed E-state index contributed by atoms with van der Waals surface area (Å²) in [6.45, 7) is 3.64. The SMILES string of the molecule is CCN(CCNS(C)(=O)=O)c1cc(OC)ccn1. The van der Waals surface area contributed by atoms with Gasteiger partial charge in [-0.25, -0.2) is 18.1 Å². The number of pyridine rings is 1. The molecule has 102 valence electrons. The van der Waals surface area contributed by atoms with E-state index in [-0.39, 0.29) is 0 Å². The van der Waals surface area contributed by atoms with Crippen LogP contribution in [0.1, 0.15) is 6.92 Å². The van der Waals surface area contributed by atoms with Crippen LogP contribution in [0.25, 0.3) is 0 Å². The summed E-state index contributed by atoms with van der Waals surface area (Å²) in [5, 5.41) is 0. The summed E-state index contributed by atoms with van der Waals surface area (Å²) in [7, 11) is -1.55. The van der Waals surface area contributed by atoms with Crippen LogP contribution in [-0.2, 0) is 10.0 Å². The number of ether oxygens (including phenoxy) is 1. The minimum atomic E-state index is -3.14. The second-order valence-electron chi connectivity index (χ2n) is 3.80. The molecule has 1 aromatic heterocycles. The number of anilines is 1. The predicted octanol–water partition coefficient (Wildman–Crippen LogP) is 0.466. The van der Waals surface area contributed by atoms with Gasteiger partial charge in [0.1, 0.15) is 11.6 Å². The number of likely N-dealkylation sites (N-methyl/N-ethyl adjacent to an activating group) is 1. The van der Waals surface area contributed by atoms with E-state index in [1.165, 1.54) is 0 Å². The molecule has 0 aliphatic rings. The summed E-state index contributed by atoms with van der Waals surface area (Å²) in [6.07, 6.45) is 2.81. The van der Waals surface area contributed by atoms with Gasteiger partial charge in [0.2, 0.25) is 10.0 Å². The fraction of sp³-hybridized carbons (Fsp3) is 0.545. The van der Waals surface area contributed by atoms with Crippen molar-refractivity contribution in [3.05, 3.63) is 18.3 Å². The molecule has 1 rings (SSSR count). The van der Waals surface area contributed by atoms with Crippen LogP contribution < -0.4 is 14.4 Å². The van der Waals surface area contributed by atoms with E-state index in [9.17, 15) is 8.42 Å². The molecule has 0 aromatic carbocycles. The van der Waals surface area contributed by atoms with Crippen LogP contribution in [0, 0.1) is 0 Å². The molecule has 0 aliphatic carbocycles. The molecule has 0 fully saturated rings. The molecule has 1 aromatic rings. The normalized spacial score (nSPS) is 11.3. The Morgan fingerprint density at radius 2 is 2.22 bits per heavy atom. The van der Waals surface area contributed by atoms with Crippen molar-refractivity contribution in [2.24, 2.45) is 0 Å². The molecule has 0 aliphatic heterocycles. The third-order valence-corrected chi connectivity index (χ3v) is 3.13. The fourth-order valence-electron chi connectivity index (χ4n) is 1.50. The van der Waals surface area contributed by atoms with Crippen LogP contribution in [-0.4, -0.2) is 46.4 Å². The predicted molar refractivity (Wildman–Crippen MR) is 71.5 cm³/mol. The second-order valence-corrected chi connectivity index (χ2v) is 5.63. The van der Waals surface area contributed by atoms with Crippen molar-refractivity contribution in [1.82, 2.24) is 9.71 Å². The molecule has 0 amide bonds. The van der Waals surface area contributed by atoms with Crippen LogP contribution in [0.15, 0.2) is 18.3 Å². The number of hydrogen-bond acceptors (Lipinski definition) is 5. The van der Waals surface area contributed by atoms with E-state index < -0.39 is 10.0 Å². The van der Waals surface area contributed by atoms with Crippen molar-refractivity contribution < 1.29 is 13.2 Å². The Hall–Kier alpha value is -1.34. The Bertz CT molecular complexity index is 476. The molecule has 0 bridgehead atoms. The van der Waals surface area contributed by atoms with Gasteiger partial charge in [-0.3, -0.25) is 0 Å². The van der Waals surface area contributed by atoms with E-state index in [0.717, 1.165) is 24.4 Å². The average Bonchev–Trinajstić information content (AvgIpc) is 2.33. The Labute approximate surface area is 108 Å². The first-order valence-corrected chi connectivity index (χ1v) is 7.55. The monoisotopic (exact) mass is 273 g/mol. The first-order valence-electron chi connectivity index (χ1n) is 5.66. The first kappa shape index (κ1) is 14.7. The van der Waals surface area contributed by atoms with Crippen LogP contribution in [0.5, 0.6) is 5.75 Å². The molecule has 0 spiro atoms. The molecular formula is C11H19N3O3S. The van der Waals surface area contributed by atoms with Gasteiger partial charge >= 0.3 is 0 Å². The van der Waals surface area contributed by atoms with Gasteiger partial charge in [0.05, 0.1) is 13.4 Å². The third kappa shape index (κ3) is 4.89. The molecule has 6 nitrogen and oxygen atoms in total. The lowest BCUT2D eigenvalue weighted by Gasteiger charge is -2.22. The Morgan fingerprint density at radius 3 is 2.78 bits per heavy atom. The topological polar surface area (TPSA) is 71.5 Å². The number of sulfonamides is 1. The smallest absolute Gasteiger partial charge is 0.208 e. The first-order chi connectivity index (χ1) is 8.46. The Kier molecular flexibility index (Phi) is 5.36. The van der Waals surface area contributed by atoms with Crippen molar-refractivity contribution in [3.63, 3.8) is 0 Å². The van der Waals surface area contributed by atoms with Gasteiger partial charge in [-0.15, -0.1) is 0 Å². The average molecular weight is 273 g/mol. The number of methoxy groups -OCH3 is 1. The summed E-state index contributed by atoms with van der Waals surface area (Å²) in [6, 6.07) is 3.59. The quantitative estimate of drug-likeness (QED) is 0.781. The molecule has 0 saturated carbocycles. The van der Waals surface area contributed by atoms with Gasteiger partial charge in [-0.2, -0.15) is 0 Å². The van der Waals surface area contributed by atoms with Crippen molar-refractivity contribution in [2.45, 2.75) is 6.92 Å². The van der Waals surface area contributed by atoms with Gasteiger partial charge < -0.3 is 9.64 Å². The van der Waals surface area contributed by atoms with E-state index in [2.05, 4.69) is 9.71 Å². The molecule has 1 heterocycles. The van der Waals surface area contributed by atoms with Gasteiger partial charge in [0.15, 0.2) is 0 Å². The van der Waals surface area contributed by atoms with Gasteiger partial charge in [-0.05, 0) is 13.0 Å². The van der Waals surface area contributed by atoms with E-state index >= 15 is 0 Å². The van der Waals surface area contributed by atoms with Crippen molar-refractivity contribution in [2.75, 3.05) is 37.9 Å². The number of aromatic nitrogens is 1. The maximum absolute atomic E-state index is 11.0. The fourth-order valence-corrected chi connectivity index (χ4v) is 1.96. The molecule has 0 radical (unpaired) electrons.